The Hall–Kier alpha value is -3.35. The molecule has 0 spiro atoms. The van der Waals surface area contributed by atoms with Gasteiger partial charge in [0, 0.05) is 16.5 Å². The summed E-state index contributed by atoms with van der Waals surface area (Å²) < 4.78 is 5.68. The highest BCUT2D eigenvalue weighted by Crippen LogP contribution is 2.35. The molecule has 5 rings (SSSR count). The van der Waals surface area contributed by atoms with Crippen molar-refractivity contribution in [3.8, 4) is 21.8 Å². The first-order valence-electron chi connectivity index (χ1n) is 9.20. The number of carbonyl (C=O) groups excluding carboxylic acids is 1. The third-order valence-electron chi connectivity index (χ3n) is 4.91. The van der Waals surface area contributed by atoms with Crippen LogP contribution in [-0.2, 0) is 9.53 Å². The van der Waals surface area contributed by atoms with E-state index in [0.717, 1.165) is 27.0 Å². The number of rotatable bonds is 3. The lowest BCUT2D eigenvalue weighted by Crippen LogP contribution is -2.18. The number of nitrogens with one attached hydrogen (secondary N) is 1. The van der Waals surface area contributed by atoms with Crippen LogP contribution in [0.15, 0.2) is 76.9 Å². The SMILES string of the molecule is O=C1C=CCOC1c1ccccc1-c1nc(-c2cc3ccccc3[nH]c2=O)cs1. The molecule has 142 valence electrons. The normalized spacial score (nSPS) is 16.4. The number of aromatic nitrogens is 2. The van der Waals surface area contributed by atoms with Gasteiger partial charge in [-0.25, -0.2) is 4.98 Å². The number of para-hydroxylation sites is 1. The van der Waals surface area contributed by atoms with Crippen LogP contribution in [0.25, 0.3) is 32.7 Å². The van der Waals surface area contributed by atoms with Gasteiger partial charge < -0.3 is 9.72 Å². The van der Waals surface area contributed by atoms with Crippen molar-refractivity contribution in [1.82, 2.24) is 9.97 Å². The Kier molecular flexibility index (Phi) is 4.42. The number of nitrogens with zero attached hydrogens (tertiary/aromatic N) is 1. The Morgan fingerprint density at radius 2 is 1.86 bits per heavy atom. The fourth-order valence-corrected chi connectivity index (χ4v) is 4.37. The summed E-state index contributed by atoms with van der Waals surface area (Å²) in [6.07, 6.45) is 2.65. The van der Waals surface area contributed by atoms with Gasteiger partial charge in [-0.3, -0.25) is 9.59 Å². The number of carbonyl (C=O) groups is 1. The van der Waals surface area contributed by atoms with Crippen LogP contribution in [0.2, 0.25) is 0 Å². The lowest BCUT2D eigenvalue weighted by Gasteiger charge is -2.20. The van der Waals surface area contributed by atoms with Gasteiger partial charge in [0.25, 0.3) is 5.56 Å². The average Bonchev–Trinajstić information content (AvgIpc) is 3.23. The highest BCUT2D eigenvalue weighted by atomic mass is 32.1. The Bertz CT molecular complexity index is 1320. The monoisotopic (exact) mass is 400 g/mol. The predicted octanol–water partition coefficient (Wildman–Crippen LogP) is 4.52. The van der Waals surface area contributed by atoms with Crippen molar-refractivity contribution in [1.29, 1.82) is 0 Å². The van der Waals surface area contributed by atoms with Crippen LogP contribution in [-0.4, -0.2) is 22.4 Å². The summed E-state index contributed by atoms with van der Waals surface area (Å²) in [5.74, 6) is -0.0774. The van der Waals surface area contributed by atoms with Gasteiger partial charge in [-0.2, -0.15) is 0 Å². The molecule has 0 radical (unpaired) electrons. The molecule has 2 aromatic heterocycles. The van der Waals surface area contributed by atoms with Crippen molar-refractivity contribution in [2.24, 2.45) is 0 Å². The molecule has 0 saturated heterocycles. The molecule has 0 amide bonds. The second-order valence-corrected chi connectivity index (χ2v) is 7.60. The van der Waals surface area contributed by atoms with Crippen LogP contribution in [0.1, 0.15) is 11.7 Å². The van der Waals surface area contributed by atoms with Crippen LogP contribution in [0.5, 0.6) is 0 Å². The molecule has 6 heteroatoms. The fraction of sp³-hybridized carbons (Fsp3) is 0.0870. The molecule has 2 aromatic carbocycles. The molecule has 1 atom stereocenters. The summed E-state index contributed by atoms with van der Waals surface area (Å²) in [5.41, 5.74) is 3.39. The second kappa shape index (κ2) is 7.24. The lowest BCUT2D eigenvalue weighted by molar-refractivity contribution is -0.126. The topological polar surface area (TPSA) is 72.0 Å². The number of thiazole rings is 1. The third-order valence-corrected chi connectivity index (χ3v) is 5.78. The number of hydrogen-bond donors (Lipinski definition) is 1. The number of ketones is 1. The van der Waals surface area contributed by atoms with Gasteiger partial charge in [0.1, 0.15) is 11.1 Å². The average molecular weight is 400 g/mol. The number of aromatic amines is 1. The largest absolute Gasteiger partial charge is 0.361 e. The van der Waals surface area contributed by atoms with Crippen molar-refractivity contribution in [3.63, 3.8) is 0 Å². The van der Waals surface area contributed by atoms with Gasteiger partial charge >= 0.3 is 0 Å². The summed E-state index contributed by atoms with van der Waals surface area (Å²) in [4.78, 5) is 32.5. The number of H-pyrrole nitrogens is 1. The van der Waals surface area contributed by atoms with Crippen molar-refractivity contribution in [2.75, 3.05) is 6.61 Å². The third kappa shape index (κ3) is 3.22. The first kappa shape index (κ1) is 17.7. The zero-order valence-electron chi connectivity index (χ0n) is 15.3. The van der Waals surface area contributed by atoms with E-state index < -0.39 is 6.10 Å². The Morgan fingerprint density at radius 1 is 1.03 bits per heavy atom. The van der Waals surface area contributed by atoms with Gasteiger partial charge in [0.15, 0.2) is 5.78 Å². The van der Waals surface area contributed by atoms with Crippen LogP contribution in [0.3, 0.4) is 0 Å². The molecule has 0 bridgehead atoms. The summed E-state index contributed by atoms with van der Waals surface area (Å²) in [5, 5.41) is 3.56. The Labute approximate surface area is 170 Å². The van der Waals surface area contributed by atoms with Crippen molar-refractivity contribution >= 4 is 28.0 Å². The molecule has 0 saturated carbocycles. The van der Waals surface area contributed by atoms with Gasteiger partial charge in [0.05, 0.1) is 17.9 Å². The van der Waals surface area contributed by atoms with E-state index in [1.54, 1.807) is 12.2 Å². The molecule has 3 heterocycles. The quantitative estimate of drug-likeness (QED) is 0.549. The highest BCUT2D eigenvalue weighted by molar-refractivity contribution is 7.13. The highest BCUT2D eigenvalue weighted by Gasteiger charge is 2.25. The van der Waals surface area contributed by atoms with E-state index in [9.17, 15) is 9.59 Å². The van der Waals surface area contributed by atoms with Crippen LogP contribution in [0, 0.1) is 0 Å². The van der Waals surface area contributed by atoms with E-state index >= 15 is 0 Å². The minimum Gasteiger partial charge on any atom is -0.361 e. The number of fused-ring (bicyclic) bond motifs is 1. The van der Waals surface area contributed by atoms with Gasteiger partial charge in [-0.1, -0.05) is 48.5 Å². The summed E-state index contributed by atoms with van der Waals surface area (Å²) >= 11 is 1.44. The smallest absolute Gasteiger partial charge is 0.257 e. The first-order valence-corrected chi connectivity index (χ1v) is 10.1. The second-order valence-electron chi connectivity index (χ2n) is 6.74. The predicted molar refractivity (Wildman–Crippen MR) is 114 cm³/mol. The van der Waals surface area contributed by atoms with E-state index in [-0.39, 0.29) is 11.3 Å². The van der Waals surface area contributed by atoms with Gasteiger partial charge in [-0.05, 0) is 29.2 Å². The maximum Gasteiger partial charge on any atom is 0.257 e. The fourth-order valence-electron chi connectivity index (χ4n) is 3.51. The number of ether oxygens (including phenoxy) is 1. The maximum atomic E-state index is 12.6. The minimum atomic E-state index is -0.632. The molecular formula is C23H16N2O3S. The summed E-state index contributed by atoms with van der Waals surface area (Å²) in [6.45, 7) is 0.403. The zero-order valence-corrected chi connectivity index (χ0v) is 16.1. The van der Waals surface area contributed by atoms with Crippen LogP contribution in [0.4, 0.5) is 0 Å². The van der Waals surface area contributed by atoms with Crippen molar-refractivity contribution in [3.05, 3.63) is 88.0 Å². The molecule has 5 nitrogen and oxygen atoms in total. The molecule has 1 aliphatic heterocycles. The maximum absolute atomic E-state index is 12.6. The summed E-state index contributed by atoms with van der Waals surface area (Å²) in [6, 6.07) is 17.1. The van der Waals surface area contributed by atoms with E-state index in [4.69, 9.17) is 9.72 Å². The number of hydrogen-bond acceptors (Lipinski definition) is 5. The molecular weight excluding hydrogens is 384 g/mol. The molecule has 29 heavy (non-hydrogen) atoms. The number of pyridine rings is 1. The van der Waals surface area contributed by atoms with E-state index in [0.29, 0.717) is 17.9 Å². The van der Waals surface area contributed by atoms with Crippen molar-refractivity contribution in [2.45, 2.75) is 6.10 Å². The van der Waals surface area contributed by atoms with E-state index in [1.165, 1.54) is 11.3 Å². The number of benzene rings is 2. The van der Waals surface area contributed by atoms with Crippen LogP contribution >= 0.6 is 11.3 Å². The van der Waals surface area contributed by atoms with Gasteiger partial charge in [0.2, 0.25) is 0 Å². The van der Waals surface area contributed by atoms with Gasteiger partial charge in [-0.15, -0.1) is 11.3 Å². The van der Waals surface area contributed by atoms with Crippen molar-refractivity contribution < 1.29 is 9.53 Å². The molecule has 0 aliphatic carbocycles. The molecule has 1 N–H and O–H groups in total. The van der Waals surface area contributed by atoms with E-state index in [1.807, 2.05) is 60.0 Å². The standard InChI is InChI=1S/C23H16N2O3S/c26-20-10-5-11-28-21(20)15-7-2-3-8-16(15)23-25-19(13-29-23)17-12-14-6-1-4-9-18(14)24-22(17)27/h1-10,12-13,21H,11H2,(H,24,27). The molecule has 1 aliphatic rings. The lowest BCUT2D eigenvalue weighted by atomic mass is 9.98. The zero-order chi connectivity index (χ0) is 19.8. The minimum absolute atomic E-state index is 0.0774. The van der Waals surface area contributed by atoms with E-state index in [2.05, 4.69) is 4.98 Å². The summed E-state index contributed by atoms with van der Waals surface area (Å²) in [7, 11) is 0. The molecule has 1 unspecified atom stereocenters. The Balaban J connectivity index is 1.58. The molecule has 4 aromatic rings. The Morgan fingerprint density at radius 3 is 2.76 bits per heavy atom. The van der Waals surface area contributed by atoms with Crippen LogP contribution < -0.4 is 5.56 Å². The first-order chi connectivity index (χ1) is 14.2. The molecule has 0 fully saturated rings.